The summed E-state index contributed by atoms with van der Waals surface area (Å²) in [4.78, 5) is 92.7. The average molecular weight is 1420 g/mol. The number of imidazole rings is 1. The van der Waals surface area contributed by atoms with E-state index < -0.39 is 0 Å². The van der Waals surface area contributed by atoms with Crippen LogP contribution < -0.4 is 19.9 Å². The molecule has 0 unspecified atom stereocenters. The predicted octanol–water partition coefficient (Wildman–Crippen LogP) is 16.8. The molecule has 492 valence electrons. The van der Waals surface area contributed by atoms with E-state index in [2.05, 4.69) is 83.1 Å². The van der Waals surface area contributed by atoms with Crippen molar-refractivity contribution >= 4 is 102 Å². The van der Waals surface area contributed by atoms with Gasteiger partial charge in [0.15, 0.2) is 0 Å². The van der Waals surface area contributed by atoms with Crippen LogP contribution in [0.25, 0.3) is 159 Å². The Kier molecular flexibility index (Phi) is 21.3. The third-order valence-corrected chi connectivity index (χ3v) is 15.2. The minimum atomic E-state index is -0.367. The molecule has 15 rings (SSSR count). The number of carbonyl (C=O) groups is 2. The van der Waals surface area contributed by atoms with Crippen LogP contribution in [-0.2, 0) is 77.9 Å². The fraction of sp³-hybridized carbons (Fsp3) is 0.278. The molecule has 16 bridgehead atoms. The van der Waals surface area contributed by atoms with E-state index in [4.69, 9.17) is 74.3 Å². The van der Waals surface area contributed by atoms with Crippen LogP contribution in [0.2, 0.25) is 0 Å². The Morgan fingerprint density at radius 3 is 1.16 bits per heavy atom. The monoisotopic (exact) mass is 1410 g/mol. The molecule has 99 heavy (non-hydrogen) atoms. The summed E-state index contributed by atoms with van der Waals surface area (Å²) in [5.41, 5.74) is 15.0. The topological polar surface area (TPSA) is 230 Å². The molecule has 0 fully saturated rings. The summed E-state index contributed by atoms with van der Waals surface area (Å²) in [5, 5.41) is 3.04. The van der Waals surface area contributed by atoms with Crippen LogP contribution in [0, 0.1) is 16.2 Å². The summed E-state index contributed by atoms with van der Waals surface area (Å²) >= 11 is 0. The molecule has 4 aliphatic heterocycles. The largest absolute Gasteiger partial charge is 2.00 e. The Morgan fingerprint density at radius 2 is 0.768 bits per heavy atom. The molecular formula is C79H78N14O4Zn2. The van der Waals surface area contributed by atoms with Gasteiger partial charge >= 0.3 is 50.9 Å². The van der Waals surface area contributed by atoms with Crippen molar-refractivity contribution in [3.05, 3.63) is 162 Å². The molecule has 11 aromatic rings. The minimum absolute atomic E-state index is 0. The molecule has 0 radical (unpaired) electrons. The van der Waals surface area contributed by atoms with Crippen LogP contribution in [-0.4, -0.2) is 75.6 Å². The molecule has 0 saturated heterocycles. The molecule has 4 aromatic carbocycles. The molecule has 0 saturated carbocycles. The number of methoxy groups -OCH3 is 2. The van der Waals surface area contributed by atoms with E-state index in [0.29, 0.717) is 135 Å². The smallest absolute Gasteiger partial charge is 0.657 e. The minimum Gasteiger partial charge on any atom is -0.657 e. The van der Waals surface area contributed by atoms with E-state index in [1.807, 2.05) is 157 Å². The van der Waals surface area contributed by atoms with Gasteiger partial charge in [0.1, 0.15) is 5.82 Å². The number of aryl methyl sites for hydroxylation is 3. The van der Waals surface area contributed by atoms with E-state index in [9.17, 15) is 9.59 Å². The van der Waals surface area contributed by atoms with Crippen molar-refractivity contribution in [1.29, 1.82) is 0 Å². The Labute approximate surface area is 601 Å². The molecule has 18 nitrogen and oxygen atoms in total. The number of esters is 2. The second-order valence-electron chi connectivity index (χ2n) is 29.0. The number of aromatic nitrogens is 14. The zero-order valence-corrected chi connectivity index (χ0v) is 65.0. The standard InChI is InChI=1S/C64H42N14O4.3C5H12.2Zn/c1-78-31-30-65-64(78)55-50-26-22-46(68-50)41(18-28-52(79)81-2)44-20-24-48(66-44)54(49-25-21-45(67-49)42(19-29-53(80)82-3)47-23-27-51(55)69-47)33-16-17-40-43(32-33)63-76-61-39-15-9-8-14-38(39)59(74-61)72-57-35-11-5-4-10-34(35)56(70-57)71-58-36-12-6-7-13-37(36)60(73-58)75-62(40)77-63;3*1-5(2,3)4;;/h4-17,20-27,30-32H,18-19,28-29H2,1-3H3;3*1-4H3;;/q-4;;;;2*+2. The SMILES string of the molecule is CC(C)(C)C.CC(C)(C)C.CC(C)(C)C.COC(=O)CCc1c2nc(c(-c3nccn3C)c3ccc([n-]3)c(CCC(=O)OC)c3nc(c(-c4ccc5c6nc7nc(nc8[n-]c(nc9nc(nc([n-]6)c5c4)-c4ccccc4-9)c4ccccc84)-c4ccccc4-7)c4ccc1[n-]4)C=C3)C=C2.[Zn+2].[Zn+2]. The van der Waals surface area contributed by atoms with Gasteiger partial charge in [-0.15, -0.1) is 22.1 Å². The summed E-state index contributed by atoms with van der Waals surface area (Å²) in [6.07, 6.45) is 12.1. The van der Waals surface area contributed by atoms with Gasteiger partial charge in [-0.2, -0.15) is 0 Å². The maximum atomic E-state index is 12.9. The number of hydrogen-bond acceptors (Lipinski definition) is 13. The molecule has 0 atom stereocenters. The Bertz CT molecular complexity index is 5270. The summed E-state index contributed by atoms with van der Waals surface area (Å²) in [5.74, 6) is 1.69. The van der Waals surface area contributed by atoms with Crippen molar-refractivity contribution in [3.63, 3.8) is 0 Å². The maximum absolute atomic E-state index is 12.9. The summed E-state index contributed by atoms with van der Waals surface area (Å²) in [6, 6.07) is 37.4. The summed E-state index contributed by atoms with van der Waals surface area (Å²) < 4.78 is 12.2. The van der Waals surface area contributed by atoms with Crippen molar-refractivity contribution in [2.75, 3.05) is 14.2 Å². The second kappa shape index (κ2) is 29.4. The first-order chi connectivity index (χ1) is 46.2. The van der Waals surface area contributed by atoms with E-state index in [-0.39, 0.29) is 76.6 Å². The predicted molar refractivity (Wildman–Crippen MR) is 388 cm³/mol. The molecule has 7 aromatic heterocycles. The van der Waals surface area contributed by atoms with Gasteiger partial charge in [-0.1, -0.05) is 192 Å². The number of ether oxygens (including phenoxy) is 2. The van der Waals surface area contributed by atoms with Gasteiger partial charge in [-0.3, -0.25) is 9.59 Å². The van der Waals surface area contributed by atoms with Crippen LogP contribution in [0.5, 0.6) is 0 Å². The average Bonchev–Trinajstić information content (AvgIpc) is 1.61. The first-order valence-electron chi connectivity index (χ1n) is 32.5. The number of rotatable bonds is 8. The molecule has 4 aliphatic rings. The van der Waals surface area contributed by atoms with Crippen LogP contribution in [0.4, 0.5) is 0 Å². The van der Waals surface area contributed by atoms with Crippen LogP contribution in [0.15, 0.2) is 128 Å². The van der Waals surface area contributed by atoms with Crippen molar-refractivity contribution in [2.24, 2.45) is 23.3 Å². The van der Waals surface area contributed by atoms with Crippen molar-refractivity contribution in [2.45, 2.75) is 109 Å². The molecule has 20 heteroatoms. The number of nitrogens with zero attached hydrogens (tertiary/aromatic N) is 14. The van der Waals surface area contributed by atoms with Crippen LogP contribution >= 0.6 is 0 Å². The fourth-order valence-corrected chi connectivity index (χ4v) is 11.2. The molecule has 0 amide bonds. The number of fused-ring (bicyclic) bond motifs is 28. The van der Waals surface area contributed by atoms with Crippen molar-refractivity contribution in [1.82, 2.24) is 69.4 Å². The van der Waals surface area contributed by atoms with Gasteiger partial charge in [0.2, 0.25) is 0 Å². The first-order valence-corrected chi connectivity index (χ1v) is 32.5. The zero-order chi connectivity index (χ0) is 68.7. The summed E-state index contributed by atoms with van der Waals surface area (Å²) in [6.45, 7) is 26.2. The summed E-state index contributed by atoms with van der Waals surface area (Å²) in [7, 11) is 4.68. The first kappa shape index (κ1) is 72.0. The molecule has 0 aliphatic carbocycles. The molecule has 11 heterocycles. The quantitative estimate of drug-likeness (QED) is 0.102. The van der Waals surface area contributed by atoms with Gasteiger partial charge in [0.05, 0.1) is 60.3 Å². The number of benzene rings is 4. The zero-order valence-electron chi connectivity index (χ0n) is 59.1. The van der Waals surface area contributed by atoms with E-state index in [0.717, 1.165) is 49.7 Å². The second-order valence-corrected chi connectivity index (χ2v) is 29.0. The van der Waals surface area contributed by atoms with Gasteiger partial charge in [-0.05, 0) is 103 Å². The fourth-order valence-electron chi connectivity index (χ4n) is 11.2. The van der Waals surface area contributed by atoms with E-state index in [1.165, 1.54) is 14.2 Å². The van der Waals surface area contributed by atoms with Crippen molar-refractivity contribution in [3.8, 4) is 68.1 Å². The Balaban J connectivity index is 0.000000567. The van der Waals surface area contributed by atoms with Gasteiger partial charge in [0, 0.05) is 82.7 Å². The van der Waals surface area contributed by atoms with Gasteiger partial charge in [0.25, 0.3) is 0 Å². The third-order valence-electron chi connectivity index (χ3n) is 15.2. The number of hydrogen-bond donors (Lipinski definition) is 0. The van der Waals surface area contributed by atoms with Gasteiger partial charge in [-0.25, -0.2) is 24.9 Å². The third kappa shape index (κ3) is 16.4. The van der Waals surface area contributed by atoms with Crippen LogP contribution in [0.1, 0.15) is 130 Å². The van der Waals surface area contributed by atoms with Crippen LogP contribution in [0.3, 0.4) is 0 Å². The Morgan fingerprint density at radius 1 is 0.414 bits per heavy atom. The van der Waals surface area contributed by atoms with Crippen molar-refractivity contribution < 1.29 is 58.0 Å². The molecule has 0 N–H and O–H groups in total. The van der Waals surface area contributed by atoms with E-state index >= 15 is 0 Å². The molecular weight excluding hydrogens is 1340 g/mol. The van der Waals surface area contributed by atoms with Gasteiger partial charge < -0.3 is 53.9 Å². The molecule has 0 spiro atoms. The normalized spacial score (nSPS) is 12.0. The number of carbonyl (C=O) groups excluding carboxylic acids is 2. The maximum Gasteiger partial charge on any atom is 2.00 e. The van der Waals surface area contributed by atoms with E-state index in [1.54, 1.807) is 6.20 Å². The Hall–Kier alpha value is -9.76.